The molecule has 0 bridgehead atoms. The first kappa shape index (κ1) is 12.6. The molecule has 0 saturated carbocycles. The molecule has 4 nitrogen and oxygen atoms in total. The number of aryl methyl sites for hydroxylation is 1. The van der Waals surface area contributed by atoms with Crippen LogP contribution in [0, 0.1) is 12.7 Å². The number of oxazole rings is 1. The Morgan fingerprint density at radius 2 is 2.28 bits per heavy atom. The Labute approximate surface area is 104 Å². The largest absolute Gasteiger partial charge is 0.505 e. The fourth-order valence-electron chi connectivity index (χ4n) is 1.59. The minimum absolute atomic E-state index is 0.0597. The summed E-state index contributed by atoms with van der Waals surface area (Å²) in [7, 11) is 0. The smallest absolute Gasteiger partial charge is 0.211 e. The Morgan fingerprint density at radius 3 is 2.89 bits per heavy atom. The zero-order valence-corrected chi connectivity index (χ0v) is 10.3. The number of phenolic OH excluding ortho intramolecular Hbond substituents is 1. The van der Waals surface area contributed by atoms with E-state index in [4.69, 9.17) is 9.52 Å². The van der Waals surface area contributed by atoms with E-state index in [1.807, 2.05) is 13.8 Å². The molecule has 2 N–H and O–H groups in total. The maximum Gasteiger partial charge on any atom is 0.211 e. The molecule has 96 valence electrons. The van der Waals surface area contributed by atoms with Gasteiger partial charge in [0.1, 0.15) is 5.76 Å². The number of aromatic hydroxyl groups is 1. The highest BCUT2D eigenvalue weighted by Gasteiger charge is 2.11. The average molecular weight is 250 g/mol. The van der Waals surface area contributed by atoms with Crippen LogP contribution in [-0.4, -0.2) is 10.1 Å². The van der Waals surface area contributed by atoms with Crippen LogP contribution >= 0.6 is 0 Å². The Bertz CT molecular complexity index is 540. The zero-order valence-electron chi connectivity index (χ0n) is 10.3. The molecule has 1 atom stereocenters. The Hall–Kier alpha value is -1.88. The van der Waals surface area contributed by atoms with E-state index in [1.54, 1.807) is 12.3 Å². The molecular weight excluding hydrogens is 235 g/mol. The molecule has 0 aliphatic rings. The van der Waals surface area contributed by atoms with Gasteiger partial charge in [-0.1, -0.05) is 6.07 Å². The van der Waals surface area contributed by atoms with Crippen LogP contribution in [0.4, 0.5) is 4.39 Å². The summed E-state index contributed by atoms with van der Waals surface area (Å²) in [5.74, 6) is 0.408. The number of hydrogen-bond acceptors (Lipinski definition) is 4. The van der Waals surface area contributed by atoms with Crippen LogP contribution in [0.15, 0.2) is 28.8 Å². The molecule has 1 aromatic carbocycles. The van der Waals surface area contributed by atoms with Gasteiger partial charge in [-0.05, 0) is 31.5 Å². The van der Waals surface area contributed by atoms with Gasteiger partial charge in [0.15, 0.2) is 11.6 Å². The minimum Gasteiger partial charge on any atom is -0.505 e. The summed E-state index contributed by atoms with van der Waals surface area (Å²) >= 11 is 0. The van der Waals surface area contributed by atoms with Gasteiger partial charge in [-0.3, -0.25) is 0 Å². The maximum absolute atomic E-state index is 13.1. The first-order valence-electron chi connectivity index (χ1n) is 5.69. The van der Waals surface area contributed by atoms with Crippen molar-refractivity contribution in [2.75, 3.05) is 0 Å². The van der Waals surface area contributed by atoms with Crippen LogP contribution in [0.3, 0.4) is 0 Å². The van der Waals surface area contributed by atoms with Crippen LogP contribution in [0.1, 0.15) is 30.2 Å². The lowest BCUT2D eigenvalue weighted by atomic mass is 10.2. The molecule has 0 aliphatic heterocycles. The molecule has 0 spiro atoms. The zero-order chi connectivity index (χ0) is 13.1. The minimum atomic E-state index is -0.617. The number of phenols is 1. The lowest BCUT2D eigenvalue weighted by molar-refractivity contribution is 0.401. The molecule has 1 heterocycles. The Balaban J connectivity index is 1.97. The second-order valence-corrected chi connectivity index (χ2v) is 4.20. The molecule has 18 heavy (non-hydrogen) atoms. The average Bonchev–Trinajstić information content (AvgIpc) is 2.77. The van der Waals surface area contributed by atoms with Gasteiger partial charge in [-0.2, -0.15) is 0 Å². The van der Waals surface area contributed by atoms with Crippen molar-refractivity contribution in [2.24, 2.45) is 0 Å². The number of nitrogens with one attached hydrogen (secondary N) is 1. The van der Waals surface area contributed by atoms with Crippen LogP contribution in [-0.2, 0) is 6.54 Å². The highest BCUT2D eigenvalue weighted by atomic mass is 19.1. The van der Waals surface area contributed by atoms with Crippen LogP contribution < -0.4 is 5.32 Å². The van der Waals surface area contributed by atoms with Crippen LogP contribution in [0.2, 0.25) is 0 Å². The topological polar surface area (TPSA) is 58.3 Å². The number of halogens is 1. The fourth-order valence-corrected chi connectivity index (χ4v) is 1.59. The first-order valence-corrected chi connectivity index (χ1v) is 5.69. The number of hydrogen-bond donors (Lipinski definition) is 2. The summed E-state index contributed by atoms with van der Waals surface area (Å²) in [4.78, 5) is 4.12. The van der Waals surface area contributed by atoms with E-state index in [0.717, 1.165) is 11.3 Å². The second kappa shape index (κ2) is 5.18. The standard InChI is InChI=1S/C13H15FN2O2/c1-8-6-16-13(18-8)9(2)15-7-10-3-4-12(17)11(14)5-10/h3-6,9,15,17H,7H2,1-2H3. The van der Waals surface area contributed by atoms with E-state index in [0.29, 0.717) is 12.4 Å². The van der Waals surface area contributed by atoms with Crippen LogP contribution in [0.5, 0.6) is 5.75 Å². The normalized spacial score (nSPS) is 12.6. The Morgan fingerprint density at radius 1 is 1.50 bits per heavy atom. The molecule has 2 rings (SSSR count). The maximum atomic E-state index is 13.1. The van der Waals surface area contributed by atoms with Gasteiger partial charge in [0.2, 0.25) is 5.89 Å². The van der Waals surface area contributed by atoms with Gasteiger partial charge in [0, 0.05) is 6.54 Å². The lowest BCUT2D eigenvalue weighted by Gasteiger charge is -2.10. The number of benzene rings is 1. The summed E-state index contributed by atoms with van der Waals surface area (Å²) in [5.41, 5.74) is 0.750. The molecule has 2 aromatic rings. The van der Waals surface area contributed by atoms with E-state index in [2.05, 4.69) is 10.3 Å². The molecule has 0 aliphatic carbocycles. The number of aromatic nitrogens is 1. The molecule has 5 heteroatoms. The summed E-state index contributed by atoms with van der Waals surface area (Å²) < 4.78 is 18.5. The first-order chi connectivity index (χ1) is 8.56. The molecule has 0 amide bonds. The third-order valence-electron chi connectivity index (χ3n) is 2.63. The van der Waals surface area contributed by atoms with E-state index >= 15 is 0 Å². The monoisotopic (exact) mass is 250 g/mol. The molecule has 0 radical (unpaired) electrons. The molecule has 0 saturated heterocycles. The van der Waals surface area contributed by atoms with Crippen molar-refractivity contribution in [2.45, 2.75) is 26.4 Å². The van der Waals surface area contributed by atoms with E-state index < -0.39 is 5.82 Å². The van der Waals surface area contributed by atoms with E-state index in [1.165, 1.54) is 12.1 Å². The molecular formula is C13H15FN2O2. The van der Waals surface area contributed by atoms with E-state index in [9.17, 15) is 4.39 Å². The van der Waals surface area contributed by atoms with Crippen molar-refractivity contribution in [3.8, 4) is 5.75 Å². The third kappa shape index (κ3) is 2.87. The predicted octanol–water partition coefficient (Wildman–Crippen LogP) is 2.68. The number of rotatable bonds is 4. The Kier molecular flexibility index (Phi) is 3.62. The van der Waals surface area contributed by atoms with Gasteiger partial charge in [-0.15, -0.1) is 0 Å². The molecule has 1 aromatic heterocycles. The molecule has 1 unspecified atom stereocenters. The fraction of sp³-hybridized carbons (Fsp3) is 0.308. The van der Waals surface area contributed by atoms with Crippen molar-refractivity contribution in [3.05, 3.63) is 47.4 Å². The van der Waals surface area contributed by atoms with Crippen molar-refractivity contribution in [3.63, 3.8) is 0 Å². The lowest BCUT2D eigenvalue weighted by Crippen LogP contribution is -2.18. The third-order valence-corrected chi connectivity index (χ3v) is 2.63. The summed E-state index contributed by atoms with van der Waals surface area (Å²) in [6, 6.07) is 4.25. The summed E-state index contributed by atoms with van der Waals surface area (Å²) in [6.07, 6.45) is 1.66. The van der Waals surface area contributed by atoms with Gasteiger partial charge < -0.3 is 14.8 Å². The van der Waals surface area contributed by atoms with Gasteiger partial charge in [0.05, 0.1) is 12.2 Å². The summed E-state index contributed by atoms with van der Waals surface area (Å²) in [5, 5.41) is 12.3. The van der Waals surface area contributed by atoms with Gasteiger partial charge in [0.25, 0.3) is 0 Å². The van der Waals surface area contributed by atoms with Crippen molar-refractivity contribution < 1.29 is 13.9 Å². The van der Waals surface area contributed by atoms with E-state index in [-0.39, 0.29) is 11.8 Å². The van der Waals surface area contributed by atoms with Crippen LogP contribution in [0.25, 0.3) is 0 Å². The van der Waals surface area contributed by atoms with Crippen molar-refractivity contribution >= 4 is 0 Å². The van der Waals surface area contributed by atoms with Gasteiger partial charge >= 0.3 is 0 Å². The van der Waals surface area contributed by atoms with Gasteiger partial charge in [-0.25, -0.2) is 9.37 Å². The molecule has 0 fully saturated rings. The number of nitrogens with zero attached hydrogens (tertiary/aromatic N) is 1. The summed E-state index contributed by atoms with van der Waals surface area (Å²) in [6.45, 7) is 4.22. The SMILES string of the molecule is Cc1cnc(C(C)NCc2ccc(O)c(F)c2)o1. The predicted molar refractivity (Wildman–Crippen MR) is 64.6 cm³/mol. The quantitative estimate of drug-likeness (QED) is 0.875. The van der Waals surface area contributed by atoms with Crippen molar-refractivity contribution in [1.82, 2.24) is 10.3 Å². The highest BCUT2D eigenvalue weighted by Crippen LogP contribution is 2.17. The highest BCUT2D eigenvalue weighted by molar-refractivity contribution is 5.27. The van der Waals surface area contributed by atoms with Crippen molar-refractivity contribution in [1.29, 1.82) is 0 Å². The second-order valence-electron chi connectivity index (χ2n) is 4.20.